The lowest BCUT2D eigenvalue weighted by Gasteiger charge is -2.31. The minimum Gasteiger partial charge on any atom is -0.382 e. The summed E-state index contributed by atoms with van der Waals surface area (Å²) in [5, 5.41) is 18.9. The van der Waals surface area contributed by atoms with Crippen LogP contribution in [0.15, 0.2) is 61.2 Å². The van der Waals surface area contributed by atoms with Gasteiger partial charge in [-0.1, -0.05) is 12.1 Å². The van der Waals surface area contributed by atoms with E-state index >= 15 is 0 Å². The number of aliphatic hydroxyl groups is 1. The number of amides is 1. The van der Waals surface area contributed by atoms with E-state index in [-0.39, 0.29) is 17.2 Å². The predicted octanol–water partition coefficient (Wildman–Crippen LogP) is 3.87. The van der Waals surface area contributed by atoms with Gasteiger partial charge in [-0.2, -0.15) is 5.10 Å². The monoisotopic (exact) mass is 530 g/mol. The van der Waals surface area contributed by atoms with Gasteiger partial charge in [-0.25, -0.2) is 23.7 Å². The van der Waals surface area contributed by atoms with Gasteiger partial charge in [0.25, 0.3) is 12.3 Å². The van der Waals surface area contributed by atoms with E-state index in [1.807, 2.05) is 7.05 Å². The third-order valence-corrected chi connectivity index (χ3v) is 7.11. The molecule has 4 N–H and O–H groups in total. The summed E-state index contributed by atoms with van der Waals surface area (Å²) in [5.41, 5.74) is 8.31. The summed E-state index contributed by atoms with van der Waals surface area (Å²) in [6.07, 6.45) is 5.52. The maximum Gasteiger partial charge on any atom is 0.264 e. The van der Waals surface area contributed by atoms with Crippen LogP contribution >= 0.6 is 0 Å². The van der Waals surface area contributed by atoms with Gasteiger partial charge >= 0.3 is 0 Å². The Kier molecular flexibility index (Phi) is 5.83. The van der Waals surface area contributed by atoms with Crippen molar-refractivity contribution in [3.63, 3.8) is 0 Å². The number of halogens is 2. The molecule has 5 aromatic rings. The quantitative estimate of drug-likeness (QED) is 0.314. The van der Waals surface area contributed by atoms with Crippen LogP contribution in [0.1, 0.15) is 52.3 Å². The highest BCUT2D eigenvalue weighted by atomic mass is 19.3. The van der Waals surface area contributed by atoms with Crippen molar-refractivity contribution in [2.24, 2.45) is 7.05 Å². The molecule has 6 rings (SSSR count). The smallest absolute Gasteiger partial charge is 0.264 e. The molecular weight excluding hydrogens is 506 g/mol. The molecule has 1 aliphatic carbocycles. The molecule has 12 heteroatoms. The number of carbonyl (C=O) groups is 1. The molecule has 4 aromatic heterocycles. The topological polar surface area (TPSA) is 136 Å². The number of nitrogens with two attached hydrogens (primary N) is 1. The number of pyridine rings is 1. The molecule has 1 atom stereocenters. The molecule has 0 aliphatic heterocycles. The lowest BCUT2D eigenvalue weighted by Crippen LogP contribution is -2.34. The zero-order valence-electron chi connectivity index (χ0n) is 20.8. The number of aromatic nitrogens is 6. The largest absolute Gasteiger partial charge is 0.382 e. The number of hydrogen-bond donors (Lipinski definition) is 3. The minimum atomic E-state index is -2.67. The second-order valence-electron chi connectivity index (χ2n) is 9.46. The van der Waals surface area contributed by atoms with Crippen molar-refractivity contribution >= 4 is 23.1 Å². The third-order valence-electron chi connectivity index (χ3n) is 7.11. The van der Waals surface area contributed by atoms with E-state index in [4.69, 9.17) is 10.7 Å². The number of benzene rings is 1. The highest BCUT2D eigenvalue weighted by molar-refractivity contribution is 6.04. The molecule has 1 aliphatic rings. The van der Waals surface area contributed by atoms with Crippen molar-refractivity contribution in [3.05, 3.63) is 89.4 Å². The summed E-state index contributed by atoms with van der Waals surface area (Å²) in [4.78, 5) is 25.8. The van der Waals surface area contributed by atoms with Crippen LogP contribution in [-0.4, -0.2) is 40.1 Å². The van der Waals surface area contributed by atoms with Gasteiger partial charge < -0.3 is 16.2 Å². The Morgan fingerprint density at radius 2 is 1.97 bits per heavy atom. The Morgan fingerprint density at radius 3 is 2.74 bits per heavy atom. The molecule has 1 aromatic carbocycles. The summed E-state index contributed by atoms with van der Waals surface area (Å²) >= 11 is 0. The molecule has 1 unspecified atom stereocenters. The maximum atomic E-state index is 13.0. The first-order valence-electron chi connectivity index (χ1n) is 12.3. The highest BCUT2D eigenvalue weighted by Crippen LogP contribution is 2.42. The molecule has 0 spiro atoms. The lowest BCUT2D eigenvalue weighted by molar-refractivity contribution is 0.0514. The Morgan fingerprint density at radius 1 is 1.18 bits per heavy atom. The van der Waals surface area contributed by atoms with Gasteiger partial charge in [-0.3, -0.25) is 13.9 Å². The number of aryl methyl sites for hydroxylation is 1. The van der Waals surface area contributed by atoms with E-state index in [2.05, 4.69) is 20.4 Å². The van der Waals surface area contributed by atoms with Crippen molar-refractivity contribution in [1.82, 2.24) is 29.1 Å². The molecule has 0 bridgehead atoms. The molecule has 4 heterocycles. The first kappa shape index (κ1) is 24.6. The van der Waals surface area contributed by atoms with E-state index < -0.39 is 17.9 Å². The van der Waals surface area contributed by atoms with Crippen molar-refractivity contribution in [3.8, 4) is 11.3 Å². The summed E-state index contributed by atoms with van der Waals surface area (Å²) in [5.74, 6) is 0.171. The number of carbonyl (C=O) groups excluding carboxylic acids is 1. The van der Waals surface area contributed by atoms with Gasteiger partial charge in [0.05, 0.1) is 6.20 Å². The minimum absolute atomic E-state index is 0.0287. The summed E-state index contributed by atoms with van der Waals surface area (Å²) < 4.78 is 29.5. The summed E-state index contributed by atoms with van der Waals surface area (Å²) in [6, 6.07) is 8.92. The van der Waals surface area contributed by atoms with Gasteiger partial charge in [0.2, 0.25) is 0 Å². The fraction of sp³-hybridized carbons (Fsp3) is 0.222. The molecule has 0 radical (unpaired) electrons. The second kappa shape index (κ2) is 9.24. The van der Waals surface area contributed by atoms with Crippen LogP contribution in [0.2, 0.25) is 0 Å². The highest BCUT2D eigenvalue weighted by Gasteiger charge is 2.42. The second-order valence-corrected chi connectivity index (χ2v) is 9.46. The Labute approximate surface area is 221 Å². The average molecular weight is 531 g/mol. The molecule has 0 fully saturated rings. The predicted molar refractivity (Wildman–Crippen MR) is 139 cm³/mol. The van der Waals surface area contributed by atoms with Crippen LogP contribution in [0.3, 0.4) is 0 Å². The Bertz CT molecular complexity index is 1710. The molecule has 1 amide bonds. The summed E-state index contributed by atoms with van der Waals surface area (Å²) in [6.45, 7) is 0. The number of imidazole rings is 1. The van der Waals surface area contributed by atoms with E-state index in [9.17, 15) is 18.7 Å². The van der Waals surface area contributed by atoms with Gasteiger partial charge in [0.1, 0.15) is 22.8 Å². The third kappa shape index (κ3) is 4.09. The van der Waals surface area contributed by atoms with Crippen molar-refractivity contribution in [2.45, 2.75) is 31.3 Å². The standard InChI is InChI=1S/C27H24F2N8O2/c1-36-19-3-2-9-27(39,18(19)14-33-36)26-35-21(22-24(30)32-11-12-37(22)26)15-4-6-16(7-5-15)25(38)34-20-13-17(23(28)29)8-10-31-20/h4-8,10-14,23,39H,2-3,9H2,1H3,(H2,30,32)(H,31,34,38). The van der Waals surface area contributed by atoms with Crippen LogP contribution in [0, 0.1) is 0 Å². The van der Waals surface area contributed by atoms with Crippen molar-refractivity contribution in [1.29, 1.82) is 0 Å². The number of nitrogens with one attached hydrogen (secondary N) is 1. The molecule has 0 saturated heterocycles. The lowest BCUT2D eigenvalue weighted by atomic mass is 9.82. The van der Waals surface area contributed by atoms with Gasteiger partial charge in [-0.15, -0.1) is 0 Å². The molecular formula is C27H24F2N8O2. The van der Waals surface area contributed by atoms with Crippen LogP contribution < -0.4 is 11.1 Å². The average Bonchev–Trinajstić information content (AvgIpc) is 3.52. The normalized spacial score (nSPS) is 16.9. The zero-order valence-corrected chi connectivity index (χ0v) is 20.8. The number of hydrogen-bond acceptors (Lipinski definition) is 7. The van der Waals surface area contributed by atoms with Gasteiger partial charge in [-0.05, 0) is 43.5 Å². The van der Waals surface area contributed by atoms with Crippen LogP contribution in [-0.2, 0) is 19.1 Å². The van der Waals surface area contributed by atoms with E-state index in [1.54, 1.807) is 51.9 Å². The van der Waals surface area contributed by atoms with Gasteiger partial charge in [0.15, 0.2) is 11.4 Å². The summed E-state index contributed by atoms with van der Waals surface area (Å²) in [7, 11) is 1.85. The number of nitrogen functional groups attached to an aromatic ring is 1. The van der Waals surface area contributed by atoms with Crippen LogP contribution in [0.4, 0.5) is 20.4 Å². The zero-order chi connectivity index (χ0) is 27.3. The first-order valence-corrected chi connectivity index (χ1v) is 12.3. The van der Waals surface area contributed by atoms with E-state index in [0.29, 0.717) is 40.1 Å². The number of fused-ring (bicyclic) bond motifs is 2. The maximum absolute atomic E-state index is 13.0. The molecule has 10 nitrogen and oxygen atoms in total. The molecule has 198 valence electrons. The fourth-order valence-electron chi connectivity index (χ4n) is 5.16. The number of nitrogens with zero attached hydrogens (tertiary/aromatic N) is 6. The Balaban J connectivity index is 1.37. The molecule has 39 heavy (non-hydrogen) atoms. The number of anilines is 2. The van der Waals surface area contributed by atoms with Crippen molar-refractivity contribution < 1.29 is 18.7 Å². The van der Waals surface area contributed by atoms with Crippen molar-refractivity contribution in [2.75, 3.05) is 11.1 Å². The van der Waals surface area contributed by atoms with E-state index in [1.165, 1.54) is 12.3 Å². The van der Waals surface area contributed by atoms with Crippen LogP contribution in [0.5, 0.6) is 0 Å². The first-order chi connectivity index (χ1) is 18.8. The fourth-order valence-corrected chi connectivity index (χ4v) is 5.16. The van der Waals surface area contributed by atoms with E-state index in [0.717, 1.165) is 24.6 Å². The number of alkyl halides is 2. The van der Waals surface area contributed by atoms with Crippen LogP contribution in [0.25, 0.3) is 16.8 Å². The van der Waals surface area contributed by atoms with Gasteiger partial charge in [0, 0.05) is 53.6 Å². The SMILES string of the molecule is Cn1ncc2c1CCCC2(O)c1nc(-c2ccc(C(=O)Nc3cc(C(F)F)ccn3)cc2)c2c(N)nccn12. The molecule has 0 saturated carbocycles. The Hall–Kier alpha value is -4.71. The number of rotatable bonds is 5.